The highest BCUT2D eigenvalue weighted by atomic mass is 16.6. The van der Waals surface area contributed by atoms with Gasteiger partial charge in [-0.2, -0.15) is 0 Å². The number of nitrogens with zero attached hydrogens (tertiary/aromatic N) is 1. The minimum absolute atomic E-state index is 0.0342. The van der Waals surface area contributed by atoms with Gasteiger partial charge < -0.3 is 20.1 Å². The molecule has 24 heavy (non-hydrogen) atoms. The molecule has 0 aliphatic carbocycles. The van der Waals surface area contributed by atoms with Gasteiger partial charge in [0.05, 0.1) is 0 Å². The summed E-state index contributed by atoms with van der Waals surface area (Å²) in [7, 11) is 1.52. The molecule has 1 aromatic rings. The van der Waals surface area contributed by atoms with Crippen molar-refractivity contribution < 1.29 is 19.4 Å². The number of carbonyl (C=O) groups excluding carboxylic acids is 2. The van der Waals surface area contributed by atoms with Gasteiger partial charge in [0.25, 0.3) is 0 Å². The molecule has 0 aliphatic rings. The van der Waals surface area contributed by atoms with Crippen molar-refractivity contribution in [1.29, 1.82) is 0 Å². The van der Waals surface area contributed by atoms with Gasteiger partial charge in [0.2, 0.25) is 5.91 Å². The van der Waals surface area contributed by atoms with Crippen LogP contribution in [0.3, 0.4) is 0 Å². The summed E-state index contributed by atoms with van der Waals surface area (Å²) < 4.78 is 5.21. The smallest absolute Gasteiger partial charge is 0.410 e. The van der Waals surface area contributed by atoms with Crippen molar-refractivity contribution in [2.45, 2.75) is 38.7 Å². The largest absolute Gasteiger partial charge is 0.444 e. The van der Waals surface area contributed by atoms with Gasteiger partial charge in [-0.05, 0) is 32.8 Å². The maximum Gasteiger partial charge on any atom is 0.410 e. The van der Waals surface area contributed by atoms with E-state index in [-0.39, 0.29) is 25.0 Å². The Morgan fingerprint density at radius 2 is 1.88 bits per heavy atom. The first kappa shape index (κ1) is 20.0. The van der Waals surface area contributed by atoms with Crippen LogP contribution in [-0.4, -0.2) is 54.4 Å². The topological polar surface area (TPSA) is 78.9 Å². The Kier molecular flexibility index (Phi) is 7.71. The van der Waals surface area contributed by atoms with Crippen LogP contribution in [0, 0.1) is 0 Å². The molecule has 6 heteroatoms. The SMILES string of the molecule is CN(CC(=O)NC[C@@H](CCO)c1ccccc1)C(=O)OC(C)(C)C. The average molecular weight is 336 g/mol. The van der Waals surface area contributed by atoms with Crippen LogP contribution in [0.15, 0.2) is 30.3 Å². The van der Waals surface area contributed by atoms with E-state index in [0.29, 0.717) is 13.0 Å². The minimum atomic E-state index is -0.596. The molecule has 0 bridgehead atoms. The normalized spacial score (nSPS) is 12.4. The summed E-state index contributed by atoms with van der Waals surface area (Å²) in [5, 5.41) is 12.0. The molecule has 6 nitrogen and oxygen atoms in total. The minimum Gasteiger partial charge on any atom is -0.444 e. The maximum absolute atomic E-state index is 12.0. The standard InChI is InChI=1S/C18H28N2O4/c1-18(2,3)24-17(23)20(4)13-16(22)19-12-15(10-11-21)14-8-6-5-7-9-14/h5-9,15,21H,10-13H2,1-4H3,(H,19,22)/t15-/m1/s1. The molecule has 2 amide bonds. The van der Waals surface area contributed by atoms with Crippen LogP contribution >= 0.6 is 0 Å². The fraction of sp³-hybridized carbons (Fsp3) is 0.556. The zero-order chi connectivity index (χ0) is 18.2. The summed E-state index contributed by atoms with van der Waals surface area (Å²) in [6.45, 7) is 5.71. The molecule has 0 radical (unpaired) electrons. The fourth-order valence-corrected chi connectivity index (χ4v) is 2.18. The van der Waals surface area contributed by atoms with Gasteiger partial charge in [0.1, 0.15) is 12.1 Å². The molecule has 0 aromatic heterocycles. The predicted molar refractivity (Wildman–Crippen MR) is 92.8 cm³/mol. The van der Waals surface area contributed by atoms with Crippen molar-refractivity contribution in [1.82, 2.24) is 10.2 Å². The third kappa shape index (κ3) is 7.46. The molecular formula is C18H28N2O4. The maximum atomic E-state index is 12.0. The molecule has 0 spiro atoms. The highest BCUT2D eigenvalue weighted by Crippen LogP contribution is 2.18. The van der Waals surface area contributed by atoms with Crippen molar-refractivity contribution in [2.24, 2.45) is 0 Å². The molecule has 2 N–H and O–H groups in total. The molecule has 1 aromatic carbocycles. The molecular weight excluding hydrogens is 308 g/mol. The predicted octanol–water partition coefficient (Wildman–Crippen LogP) is 2.14. The van der Waals surface area contributed by atoms with Gasteiger partial charge in [-0.3, -0.25) is 4.79 Å². The lowest BCUT2D eigenvalue weighted by Gasteiger charge is -2.24. The van der Waals surface area contributed by atoms with Crippen LogP contribution < -0.4 is 5.32 Å². The van der Waals surface area contributed by atoms with Crippen molar-refractivity contribution in [2.75, 3.05) is 26.7 Å². The lowest BCUT2D eigenvalue weighted by Crippen LogP contribution is -2.41. The number of ether oxygens (including phenoxy) is 1. The number of aliphatic hydroxyl groups excluding tert-OH is 1. The highest BCUT2D eigenvalue weighted by Gasteiger charge is 2.21. The number of hydrogen-bond donors (Lipinski definition) is 2. The van der Waals surface area contributed by atoms with Gasteiger partial charge in [-0.25, -0.2) is 4.79 Å². The lowest BCUT2D eigenvalue weighted by molar-refractivity contribution is -0.122. The molecule has 1 atom stereocenters. The number of amides is 2. The molecule has 134 valence electrons. The summed E-state index contributed by atoms with van der Waals surface area (Å²) in [4.78, 5) is 25.1. The zero-order valence-electron chi connectivity index (χ0n) is 14.9. The first-order chi connectivity index (χ1) is 11.2. The second kappa shape index (κ2) is 9.27. The Morgan fingerprint density at radius 3 is 2.42 bits per heavy atom. The molecule has 0 heterocycles. The monoisotopic (exact) mass is 336 g/mol. The molecule has 0 aliphatic heterocycles. The van der Waals surface area contributed by atoms with Crippen LogP contribution in [0.2, 0.25) is 0 Å². The molecule has 0 saturated heterocycles. The quantitative estimate of drug-likeness (QED) is 0.799. The Labute approximate surface area is 143 Å². The van der Waals surface area contributed by atoms with E-state index in [1.807, 2.05) is 30.3 Å². The van der Waals surface area contributed by atoms with Gasteiger partial charge in [-0.15, -0.1) is 0 Å². The Hall–Kier alpha value is -2.08. The van der Waals surface area contributed by atoms with Crippen LogP contribution in [0.5, 0.6) is 0 Å². The number of aliphatic hydroxyl groups is 1. The van der Waals surface area contributed by atoms with E-state index < -0.39 is 11.7 Å². The van der Waals surface area contributed by atoms with Gasteiger partial charge in [-0.1, -0.05) is 30.3 Å². The average Bonchev–Trinajstić information content (AvgIpc) is 2.50. The second-order valence-corrected chi connectivity index (χ2v) is 6.76. The van der Waals surface area contributed by atoms with E-state index in [4.69, 9.17) is 4.74 Å². The molecule has 0 saturated carbocycles. The molecule has 0 fully saturated rings. The van der Waals surface area contributed by atoms with Gasteiger partial charge in [0.15, 0.2) is 0 Å². The lowest BCUT2D eigenvalue weighted by atomic mass is 9.96. The van der Waals surface area contributed by atoms with Crippen molar-refractivity contribution in [3.8, 4) is 0 Å². The first-order valence-electron chi connectivity index (χ1n) is 8.09. The van der Waals surface area contributed by atoms with E-state index >= 15 is 0 Å². The van der Waals surface area contributed by atoms with Crippen molar-refractivity contribution >= 4 is 12.0 Å². The first-order valence-corrected chi connectivity index (χ1v) is 8.09. The Morgan fingerprint density at radius 1 is 1.25 bits per heavy atom. The van der Waals surface area contributed by atoms with E-state index in [1.165, 1.54) is 11.9 Å². The Balaban J connectivity index is 2.50. The number of benzene rings is 1. The summed E-state index contributed by atoms with van der Waals surface area (Å²) in [6.07, 6.45) is 0.0271. The summed E-state index contributed by atoms with van der Waals surface area (Å²) in [5.41, 5.74) is 0.466. The number of rotatable bonds is 7. The van der Waals surface area contributed by atoms with Crippen LogP contribution in [0.25, 0.3) is 0 Å². The van der Waals surface area contributed by atoms with Crippen LogP contribution in [0.1, 0.15) is 38.7 Å². The van der Waals surface area contributed by atoms with Crippen LogP contribution in [0.4, 0.5) is 4.79 Å². The van der Waals surface area contributed by atoms with E-state index in [0.717, 1.165) is 5.56 Å². The van der Waals surface area contributed by atoms with Gasteiger partial charge in [0, 0.05) is 26.1 Å². The number of carbonyl (C=O) groups is 2. The highest BCUT2D eigenvalue weighted by molar-refractivity contribution is 5.82. The summed E-state index contributed by atoms with van der Waals surface area (Å²) in [5.74, 6) is -0.228. The summed E-state index contributed by atoms with van der Waals surface area (Å²) in [6, 6.07) is 9.72. The Bertz CT molecular complexity index is 526. The van der Waals surface area contributed by atoms with Crippen molar-refractivity contribution in [3.05, 3.63) is 35.9 Å². The number of hydrogen-bond acceptors (Lipinski definition) is 4. The van der Waals surface area contributed by atoms with E-state index in [2.05, 4.69) is 5.32 Å². The fourth-order valence-electron chi connectivity index (χ4n) is 2.18. The third-order valence-electron chi connectivity index (χ3n) is 3.38. The van der Waals surface area contributed by atoms with E-state index in [1.54, 1.807) is 20.8 Å². The second-order valence-electron chi connectivity index (χ2n) is 6.76. The van der Waals surface area contributed by atoms with Gasteiger partial charge >= 0.3 is 6.09 Å². The third-order valence-corrected chi connectivity index (χ3v) is 3.38. The van der Waals surface area contributed by atoms with Crippen molar-refractivity contribution in [3.63, 3.8) is 0 Å². The number of nitrogens with one attached hydrogen (secondary N) is 1. The molecule has 0 unspecified atom stereocenters. The van der Waals surface area contributed by atoms with Crippen LogP contribution in [-0.2, 0) is 9.53 Å². The zero-order valence-corrected chi connectivity index (χ0v) is 14.9. The number of likely N-dealkylation sites (N-methyl/N-ethyl adjacent to an activating group) is 1. The molecule has 1 rings (SSSR count). The summed E-state index contributed by atoms with van der Waals surface area (Å²) >= 11 is 0. The van der Waals surface area contributed by atoms with E-state index in [9.17, 15) is 14.7 Å².